The fourth-order valence-corrected chi connectivity index (χ4v) is 3.12. The summed E-state index contributed by atoms with van der Waals surface area (Å²) in [6.45, 7) is 1.61. The molecule has 1 fully saturated rings. The molecule has 0 aliphatic heterocycles. The number of rotatable bonds is 3. The van der Waals surface area contributed by atoms with Crippen molar-refractivity contribution in [2.45, 2.75) is 31.7 Å². The van der Waals surface area contributed by atoms with Crippen molar-refractivity contribution in [3.63, 3.8) is 0 Å². The summed E-state index contributed by atoms with van der Waals surface area (Å²) < 4.78 is 0. The van der Waals surface area contributed by atoms with Crippen molar-refractivity contribution < 1.29 is 9.72 Å². The lowest BCUT2D eigenvalue weighted by atomic mass is 9.76. The second-order valence-electron chi connectivity index (χ2n) is 4.67. The predicted molar refractivity (Wildman–Crippen MR) is 70.0 cm³/mol. The van der Waals surface area contributed by atoms with Crippen LogP contribution in [0.2, 0.25) is 0 Å². The third kappa shape index (κ3) is 2.08. The van der Waals surface area contributed by atoms with Crippen molar-refractivity contribution >= 4 is 22.9 Å². The number of amides is 1. The highest BCUT2D eigenvalue weighted by Crippen LogP contribution is 2.38. The topological polar surface area (TPSA) is 87.2 Å². The third-order valence-electron chi connectivity index (χ3n) is 3.63. The van der Waals surface area contributed by atoms with Crippen molar-refractivity contribution in [1.29, 1.82) is 5.26 Å². The van der Waals surface area contributed by atoms with E-state index >= 15 is 0 Å². The van der Waals surface area contributed by atoms with Gasteiger partial charge in [0.05, 0.1) is 20.7 Å². The van der Waals surface area contributed by atoms with Crippen LogP contribution in [-0.4, -0.2) is 28.3 Å². The molecular weight excluding hydrogens is 266 g/mol. The number of hydrogen-bond acceptors (Lipinski definition) is 5. The van der Waals surface area contributed by atoms with E-state index in [9.17, 15) is 20.2 Å². The van der Waals surface area contributed by atoms with Gasteiger partial charge in [0.2, 0.25) is 0 Å². The Kier molecular flexibility index (Phi) is 3.28. The van der Waals surface area contributed by atoms with E-state index in [4.69, 9.17) is 0 Å². The summed E-state index contributed by atoms with van der Waals surface area (Å²) in [4.78, 5) is 24.8. The molecule has 0 bridgehead atoms. The quantitative estimate of drug-likeness (QED) is 0.628. The number of nitrogens with zero attached hydrogens (tertiary/aromatic N) is 3. The molecule has 0 unspecified atom stereocenters. The van der Waals surface area contributed by atoms with E-state index < -0.39 is 10.5 Å². The number of carbonyl (C=O) groups is 1. The summed E-state index contributed by atoms with van der Waals surface area (Å²) in [5, 5.41) is 20.0. The van der Waals surface area contributed by atoms with Gasteiger partial charge < -0.3 is 4.90 Å². The minimum absolute atomic E-state index is 0.0404. The highest BCUT2D eigenvalue weighted by atomic mass is 32.1. The molecule has 2 rings (SSSR count). The van der Waals surface area contributed by atoms with Crippen LogP contribution < -0.4 is 0 Å². The van der Waals surface area contributed by atoms with Crippen LogP contribution in [-0.2, 0) is 0 Å². The first-order valence-corrected chi connectivity index (χ1v) is 6.67. The van der Waals surface area contributed by atoms with Crippen LogP contribution in [0, 0.1) is 28.4 Å². The van der Waals surface area contributed by atoms with E-state index in [1.54, 1.807) is 14.0 Å². The summed E-state index contributed by atoms with van der Waals surface area (Å²) in [5.41, 5.74) is -0.773. The highest BCUT2D eigenvalue weighted by molar-refractivity contribution is 7.14. The Balaban J connectivity index is 2.27. The first kappa shape index (κ1) is 13.5. The smallest absolute Gasteiger partial charge is 0.283 e. The van der Waals surface area contributed by atoms with Gasteiger partial charge in [-0.2, -0.15) is 5.26 Å². The highest BCUT2D eigenvalue weighted by Gasteiger charge is 2.44. The van der Waals surface area contributed by atoms with Crippen molar-refractivity contribution in [3.05, 3.63) is 25.9 Å². The van der Waals surface area contributed by atoms with Crippen molar-refractivity contribution in [2.75, 3.05) is 7.05 Å². The molecule has 6 nitrogen and oxygen atoms in total. The molecule has 1 amide bonds. The number of nitro groups is 1. The summed E-state index contributed by atoms with van der Waals surface area (Å²) in [5.74, 6) is -0.317. The van der Waals surface area contributed by atoms with Gasteiger partial charge in [0, 0.05) is 13.1 Å². The van der Waals surface area contributed by atoms with Crippen LogP contribution in [0.1, 0.15) is 33.8 Å². The van der Waals surface area contributed by atoms with Crippen molar-refractivity contribution in [1.82, 2.24) is 4.90 Å². The molecule has 0 spiro atoms. The second kappa shape index (κ2) is 4.63. The standard InChI is InChI=1S/C12H13N3O3S/c1-8-9(15(17)18)6-10(19-8)11(16)14(2)12(7-13)4-3-5-12/h6H,3-5H2,1-2H3. The maximum absolute atomic E-state index is 12.3. The predicted octanol–water partition coefficient (Wildman–Crippen LogP) is 2.48. The molecule has 1 aromatic heterocycles. The number of nitriles is 1. The zero-order valence-corrected chi connectivity index (χ0v) is 11.5. The van der Waals surface area contributed by atoms with Gasteiger partial charge >= 0.3 is 0 Å². The zero-order chi connectivity index (χ0) is 14.2. The van der Waals surface area contributed by atoms with E-state index in [0.29, 0.717) is 22.6 Å². The van der Waals surface area contributed by atoms with Crippen LogP contribution >= 0.6 is 11.3 Å². The lowest BCUT2D eigenvalue weighted by molar-refractivity contribution is -0.385. The second-order valence-corrected chi connectivity index (χ2v) is 5.93. The van der Waals surface area contributed by atoms with Crippen LogP contribution in [0.15, 0.2) is 6.07 Å². The normalized spacial score (nSPS) is 16.3. The van der Waals surface area contributed by atoms with Gasteiger partial charge in [-0.05, 0) is 26.2 Å². The molecule has 0 saturated heterocycles. The van der Waals surface area contributed by atoms with Gasteiger partial charge in [0.1, 0.15) is 5.54 Å². The summed E-state index contributed by atoms with van der Waals surface area (Å²) in [7, 11) is 1.59. The van der Waals surface area contributed by atoms with Crippen molar-refractivity contribution in [3.8, 4) is 6.07 Å². The third-order valence-corrected chi connectivity index (χ3v) is 4.66. The molecule has 19 heavy (non-hydrogen) atoms. The first-order valence-electron chi connectivity index (χ1n) is 5.85. The number of thiophene rings is 1. The number of aryl methyl sites for hydroxylation is 1. The summed E-state index contributed by atoms with van der Waals surface area (Å²) in [6, 6.07) is 3.48. The van der Waals surface area contributed by atoms with Gasteiger partial charge in [-0.15, -0.1) is 11.3 Å². The molecule has 1 aliphatic carbocycles. The van der Waals surface area contributed by atoms with Gasteiger partial charge in [0.15, 0.2) is 0 Å². The van der Waals surface area contributed by atoms with Gasteiger partial charge in [-0.1, -0.05) is 0 Å². The van der Waals surface area contributed by atoms with Gasteiger partial charge in [-0.25, -0.2) is 0 Å². The first-order chi connectivity index (χ1) is 8.91. The average molecular weight is 279 g/mol. The maximum atomic E-state index is 12.3. The Bertz CT molecular complexity index is 584. The molecule has 0 N–H and O–H groups in total. The molecule has 1 heterocycles. The van der Waals surface area contributed by atoms with Crippen LogP contribution in [0.4, 0.5) is 5.69 Å². The van der Waals surface area contributed by atoms with Crippen LogP contribution in [0.25, 0.3) is 0 Å². The monoisotopic (exact) mass is 279 g/mol. The Labute approximate surface area is 114 Å². The molecule has 1 saturated carbocycles. The molecule has 0 radical (unpaired) electrons. The van der Waals surface area contributed by atoms with E-state index in [-0.39, 0.29) is 11.6 Å². The lowest BCUT2D eigenvalue weighted by Crippen LogP contribution is -2.53. The Morgan fingerprint density at radius 3 is 2.63 bits per heavy atom. The molecular formula is C12H13N3O3S. The summed E-state index contributed by atoms with van der Waals surface area (Å²) in [6.07, 6.45) is 2.26. The van der Waals surface area contributed by atoms with Crippen LogP contribution in [0.5, 0.6) is 0 Å². The lowest BCUT2D eigenvalue weighted by Gasteiger charge is -2.42. The molecule has 100 valence electrons. The van der Waals surface area contributed by atoms with E-state index in [2.05, 4.69) is 6.07 Å². The Morgan fingerprint density at radius 2 is 2.26 bits per heavy atom. The summed E-state index contributed by atoms with van der Waals surface area (Å²) >= 11 is 1.10. The Hall–Kier alpha value is -1.94. The molecule has 1 aliphatic rings. The minimum atomic E-state index is -0.732. The average Bonchev–Trinajstić information content (AvgIpc) is 2.69. The minimum Gasteiger partial charge on any atom is -0.322 e. The van der Waals surface area contributed by atoms with Crippen molar-refractivity contribution in [2.24, 2.45) is 0 Å². The van der Waals surface area contributed by atoms with E-state index in [0.717, 1.165) is 17.8 Å². The Morgan fingerprint density at radius 1 is 1.63 bits per heavy atom. The SMILES string of the molecule is Cc1sc(C(=O)N(C)C2(C#N)CCC2)cc1[N+](=O)[O-]. The fourth-order valence-electron chi connectivity index (χ4n) is 2.15. The molecule has 0 atom stereocenters. The van der Waals surface area contributed by atoms with Gasteiger partial charge in [0.25, 0.3) is 11.6 Å². The molecule has 7 heteroatoms. The molecule has 0 aromatic carbocycles. The zero-order valence-electron chi connectivity index (χ0n) is 10.7. The van der Waals surface area contributed by atoms with E-state index in [1.807, 2.05) is 0 Å². The molecule has 1 aromatic rings. The maximum Gasteiger partial charge on any atom is 0.283 e. The van der Waals surface area contributed by atoms with E-state index in [1.165, 1.54) is 11.0 Å². The fraction of sp³-hybridized carbons (Fsp3) is 0.500. The largest absolute Gasteiger partial charge is 0.322 e. The van der Waals surface area contributed by atoms with Crippen LogP contribution in [0.3, 0.4) is 0 Å². The van der Waals surface area contributed by atoms with Gasteiger partial charge in [-0.3, -0.25) is 14.9 Å². The number of carbonyl (C=O) groups excluding carboxylic acids is 1. The number of hydrogen-bond donors (Lipinski definition) is 0.